The van der Waals surface area contributed by atoms with Crippen molar-refractivity contribution >= 4 is 28.2 Å². The summed E-state index contributed by atoms with van der Waals surface area (Å²) < 4.78 is 10.6. The van der Waals surface area contributed by atoms with Crippen molar-refractivity contribution in [1.82, 2.24) is 4.98 Å². The average molecular weight is 441 g/mol. The van der Waals surface area contributed by atoms with Crippen LogP contribution in [0.25, 0.3) is 21.9 Å². The average Bonchev–Trinajstić information content (AvgIpc) is 3.28. The van der Waals surface area contributed by atoms with Crippen molar-refractivity contribution in [3.63, 3.8) is 0 Å². The van der Waals surface area contributed by atoms with E-state index in [1.807, 2.05) is 48.5 Å². The lowest BCUT2D eigenvalue weighted by Crippen LogP contribution is -2.33. The fraction of sp³-hybridized carbons (Fsp3) is 0.154. The van der Waals surface area contributed by atoms with Crippen molar-refractivity contribution < 1.29 is 14.3 Å². The van der Waals surface area contributed by atoms with Crippen LogP contribution in [0, 0.1) is 0 Å². The van der Waals surface area contributed by atoms with Crippen molar-refractivity contribution in [3.05, 3.63) is 82.8 Å². The number of ether oxygens (including phenoxy) is 2. The summed E-state index contributed by atoms with van der Waals surface area (Å²) in [5, 5.41) is 4.37. The third kappa shape index (κ3) is 3.78. The van der Waals surface area contributed by atoms with Gasteiger partial charge in [0.25, 0.3) is 5.56 Å². The molecule has 0 atom stereocenters. The highest BCUT2D eigenvalue weighted by Gasteiger charge is 2.25. The number of methoxy groups -OCH3 is 2. The predicted octanol–water partition coefficient (Wildman–Crippen LogP) is 4.81. The summed E-state index contributed by atoms with van der Waals surface area (Å²) in [6.07, 6.45) is 2.51. The second-order valence-corrected chi connectivity index (χ2v) is 7.85. The number of nitrogens with zero attached hydrogens (tertiary/aromatic N) is 1. The molecule has 1 aromatic heterocycles. The molecule has 0 radical (unpaired) electrons. The fourth-order valence-corrected chi connectivity index (χ4v) is 4.22. The van der Waals surface area contributed by atoms with Crippen LogP contribution in [0.1, 0.15) is 5.56 Å². The molecule has 1 aliphatic rings. The van der Waals surface area contributed by atoms with Gasteiger partial charge in [0, 0.05) is 40.8 Å². The van der Waals surface area contributed by atoms with Crippen LogP contribution in [0.4, 0.5) is 16.2 Å². The Hall–Kier alpha value is -4.26. The number of benzene rings is 3. The first kappa shape index (κ1) is 20.6. The number of hydrogen-bond donors (Lipinski definition) is 2. The number of carbonyl (C=O) groups is 1. The summed E-state index contributed by atoms with van der Waals surface area (Å²) in [4.78, 5) is 29.7. The van der Waals surface area contributed by atoms with E-state index in [0.717, 1.165) is 39.9 Å². The normalized spacial score (nSPS) is 12.5. The quantitative estimate of drug-likeness (QED) is 0.476. The van der Waals surface area contributed by atoms with E-state index in [0.29, 0.717) is 23.4 Å². The number of aromatic amines is 1. The lowest BCUT2D eigenvalue weighted by molar-refractivity contribution is 0.257. The molecule has 0 bridgehead atoms. The van der Waals surface area contributed by atoms with Crippen molar-refractivity contribution in [2.45, 2.75) is 6.42 Å². The molecule has 3 aromatic carbocycles. The number of fused-ring (bicyclic) bond motifs is 2. The van der Waals surface area contributed by atoms with Crippen LogP contribution in [0.5, 0.6) is 11.5 Å². The topological polar surface area (TPSA) is 83.7 Å². The molecule has 1 aliphatic heterocycles. The molecule has 2 N–H and O–H groups in total. The van der Waals surface area contributed by atoms with Gasteiger partial charge in [0.2, 0.25) is 0 Å². The number of amides is 2. The first-order valence-corrected chi connectivity index (χ1v) is 10.6. The van der Waals surface area contributed by atoms with Gasteiger partial charge in [-0.2, -0.15) is 0 Å². The molecule has 2 amide bonds. The number of nitrogens with one attached hydrogen (secondary N) is 2. The molecule has 0 aliphatic carbocycles. The first-order chi connectivity index (χ1) is 16.1. The van der Waals surface area contributed by atoms with Gasteiger partial charge in [-0.3, -0.25) is 9.69 Å². The van der Waals surface area contributed by atoms with E-state index in [9.17, 15) is 9.59 Å². The summed E-state index contributed by atoms with van der Waals surface area (Å²) in [7, 11) is 3.21. The summed E-state index contributed by atoms with van der Waals surface area (Å²) in [6.45, 7) is 0.623. The Morgan fingerprint density at radius 1 is 0.939 bits per heavy atom. The Labute approximate surface area is 190 Å². The Balaban J connectivity index is 1.40. The van der Waals surface area contributed by atoms with Gasteiger partial charge >= 0.3 is 6.03 Å². The van der Waals surface area contributed by atoms with E-state index in [2.05, 4.69) is 10.3 Å². The maximum absolute atomic E-state index is 12.9. The Morgan fingerprint density at radius 2 is 1.67 bits per heavy atom. The zero-order valence-electron chi connectivity index (χ0n) is 18.3. The number of rotatable bonds is 4. The first-order valence-electron chi connectivity index (χ1n) is 10.6. The summed E-state index contributed by atoms with van der Waals surface area (Å²) in [6, 6.07) is 18.5. The van der Waals surface area contributed by atoms with E-state index in [1.165, 1.54) is 0 Å². The number of aromatic nitrogens is 1. The van der Waals surface area contributed by atoms with Crippen LogP contribution in [-0.4, -0.2) is 31.8 Å². The van der Waals surface area contributed by atoms with Gasteiger partial charge < -0.3 is 19.8 Å². The Bertz CT molecular complexity index is 1410. The zero-order chi connectivity index (χ0) is 22.9. The highest BCUT2D eigenvalue weighted by atomic mass is 16.5. The van der Waals surface area contributed by atoms with Gasteiger partial charge in [0.05, 0.1) is 19.9 Å². The SMILES string of the molecule is COc1ccc2c(c1)N(C(=O)Nc1ccc(-c3c[nH]c(=O)c4ccc(OC)cc34)cc1)CC2. The van der Waals surface area contributed by atoms with E-state index in [4.69, 9.17) is 9.47 Å². The summed E-state index contributed by atoms with van der Waals surface area (Å²) in [5.74, 6) is 1.41. The second-order valence-electron chi connectivity index (χ2n) is 7.85. The molecule has 0 saturated carbocycles. The molecule has 4 aromatic rings. The minimum Gasteiger partial charge on any atom is -0.497 e. The van der Waals surface area contributed by atoms with Crippen LogP contribution in [0.15, 0.2) is 71.7 Å². The van der Waals surface area contributed by atoms with E-state index in [-0.39, 0.29) is 11.6 Å². The third-order valence-electron chi connectivity index (χ3n) is 5.99. The highest BCUT2D eigenvalue weighted by molar-refractivity contribution is 6.03. The number of H-pyrrole nitrogens is 1. The predicted molar refractivity (Wildman–Crippen MR) is 130 cm³/mol. The minimum absolute atomic E-state index is 0.150. The van der Waals surface area contributed by atoms with Crippen LogP contribution in [0.2, 0.25) is 0 Å². The van der Waals surface area contributed by atoms with Gasteiger partial charge in [-0.15, -0.1) is 0 Å². The second kappa shape index (κ2) is 8.35. The minimum atomic E-state index is -0.186. The Morgan fingerprint density at radius 3 is 2.42 bits per heavy atom. The molecule has 7 heteroatoms. The van der Waals surface area contributed by atoms with E-state index in [1.54, 1.807) is 37.4 Å². The monoisotopic (exact) mass is 441 g/mol. The number of urea groups is 1. The maximum atomic E-state index is 12.9. The van der Waals surface area contributed by atoms with Crippen LogP contribution in [-0.2, 0) is 6.42 Å². The number of pyridine rings is 1. The molecule has 0 unspecified atom stereocenters. The number of hydrogen-bond acceptors (Lipinski definition) is 4. The zero-order valence-corrected chi connectivity index (χ0v) is 18.3. The van der Waals surface area contributed by atoms with E-state index >= 15 is 0 Å². The number of anilines is 2. The van der Waals surface area contributed by atoms with Crippen molar-refractivity contribution in [2.75, 3.05) is 31.0 Å². The molecular weight excluding hydrogens is 418 g/mol. The molecule has 5 rings (SSSR count). The molecule has 7 nitrogen and oxygen atoms in total. The molecule has 2 heterocycles. The maximum Gasteiger partial charge on any atom is 0.326 e. The Kier molecular flexibility index (Phi) is 5.22. The molecular formula is C26H23N3O4. The largest absolute Gasteiger partial charge is 0.497 e. The van der Waals surface area contributed by atoms with Crippen molar-refractivity contribution in [3.8, 4) is 22.6 Å². The van der Waals surface area contributed by atoms with Crippen LogP contribution < -0.4 is 25.2 Å². The third-order valence-corrected chi connectivity index (χ3v) is 5.99. The molecule has 33 heavy (non-hydrogen) atoms. The van der Waals surface area contributed by atoms with Gasteiger partial charge in [0.1, 0.15) is 11.5 Å². The van der Waals surface area contributed by atoms with Gasteiger partial charge in [-0.25, -0.2) is 4.79 Å². The van der Waals surface area contributed by atoms with Crippen molar-refractivity contribution in [2.24, 2.45) is 0 Å². The molecule has 0 spiro atoms. The van der Waals surface area contributed by atoms with Crippen LogP contribution in [0.3, 0.4) is 0 Å². The van der Waals surface area contributed by atoms with Gasteiger partial charge in [-0.05, 0) is 53.9 Å². The molecule has 0 fully saturated rings. The lowest BCUT2D eigenvalue weighted by Gasteiger charge is -2.19. The number of carbonyl (C=O) groups excluding carboxylic acids is 1. The molecule has 166 valence electrons. The summed E-state index contributed by atoms with van der Waals surface area (Å²) >= 11 is 0. The lowest BCUT2D eigenvalue weighted by atomic mass is 10.0. The smallest absolute Gasteiger partial charge is 0.326 e. The van der Waals surface area contributed by atoms with Crippen molar-refractivity contribution in [1.29, 1.82) is 0 Å². The highest BCUT2D eigenvalue weighted by Crippen LogP contribution is 2.33. The van der Waals surface area contributed by atoms with Crippen LogP contribution >= 0.6 is 0 Å². The van der Waals surface area contributed by atoms with E-state index < -0.39 is 0 Å². The summed E-state index contributed by atoms with van der Waals surface area (Å²) in [5.41, 5.74) is 4.33. The van der Waals surface area contributed by atoms with Gasteiger partial charge in [-0.1, -0.05) is 18.2 Å². The fourth-order valence-electron chi connectivity index (χ4n) is 4.22. The molecule has 0 saturated heterocycles. The van der Waals surface area contributed by atoms with Gasteiger partial charge in [0.15, 0.2) is 0 Å². The standard InChI is InChI=1S/C26H23N3O4/c1-32-19-9-10-21-22(13-19)23(15-27-25(21)30)16-3-6-18(7-4-16)28-26(31)29-12-11-17-5-8-20(33-2)14-24(17)29/h3-10,13-15H,11-12H2,1-2H3,(H,27,30)(H,28,31).